The van der Waals surface area contributed by atoms with Gasteiger partial charge in [0, 0.05) is 12.8 Å². The molecule has 15 heteroatoms. The Morgan fingerprint density at radius 2 is 1.42 bits per heavy atom. The van der Waals surface area contributed by atoms with Crippen molar-refractivity contribution in [2.45, 2.75) is 56.3 Å². The average Bonchev–Trinajstić information content (AvgIpc) is 2.84. The molecule has 0 fully saturated rings. The van der Waals surface area contributed by atoms with E-state index in [0.29, 0.717) is 11.3 Å². The van der Waals surface area contributed by atoms with Crippen LogP contribution in [0, 0.1) is 0 Å². The molecule has 10 N–H and O–H groups in total. The Kier molecular flexibility index (Phi) is 13.6. The van der Waals surface area contributed by atoms with Crippen molar-refractivity contribution in [3.8, 4) is 5.75 Å². The number of hydrogen-bond acceptors (Lipinski definition) is 9. The van der Waals surface area contributed by atoms with Gasteiger partial charge in [0.15, 0.2) is 0 Å². The lowest BCUT2D eigenvalue weighted by molar-refractivity contribution is -0.143. The molecule has 0 saturated heterocycles. The third kappa shape index (κ3) is 11.9. The van der Waals surface area contributed by atoms with E-state index in [1.165, 1.54) is 36.0 Å². The number of thioether (sulfide) groups is 1. The number of carboxylic acid groups (broad SMARTS) is 2. The Bertz CT molecular complexity index is 1010. The Hall–Kier alpha value is -3.85. The van der Waals surface area contributed by atoms with Gasteiger partial charge in [-0.25, -0.2) is 4.79 Å². The quantitative estimate of drug-likeness (QED) is 0.107. The van der Waals surface area contributed by atoms with Crippen molar-refractivity contribution in [3.63, 3.8) is 0 Å². The molecule has 0 heterocycles. The first-order valence-corrected chi connectivity index (χ1v) is 12.9. The van der Waals surface area contributed by atoms with Gasteiger partial charge in [0.25, 0.3) is 0 Å². The fourth-order valence-corrected chi connectivity index (χ4v) is 3.68. The van der Waals surface area contributed by atoms with Crippen LogP contribution < -0.4 is 27.4 Å². The molecule has 210 valence electrons. The molecule has 0 aliphatic heterocycles. The summed E-state index contributed by atoms with van der Waals surface area (Å²) in [5, 5.41) is 35.1. The molecule has 0 saturated carbocycles. The molecule has 0 aliphatic carbocycles. The van der Waals surface area contributed by atoms with Crippen molar-refractivity contribution in [1.82, 2.24) is 16.0 Å². The number of amides is 4. The summed E-state index contributed by atoms with van der Waals surface area (Å²) in [6, 6.07) is 0.291. The Morgan fingerprint density at radius 1 is 0.868 bits per heavy atom. The van der Waals surface area contributed by atoms with Gasteiger partial charge < -0.3 is 42.7 Å². The van der Waals surface area contributed by atoms with E-state index in [1.54, 1.807) is 6.26 Å². The Labute approximate surface area is 222 Å². The van der Waals surface area contributed by atoms with Crippen LogP contribution in [0.5, 0.6) is 5.75 Å². The predicted molar refractivity (Wildman–Crippen MR) is 137 cm³/mol. The number of phenols is 1. The molecule has 4 unspecified atom stereocenters. The molecule has 38 heavy (non-hydrogen) atoms. The minimum atomic E-state index is -1.60. The van der Waals surface area contributed by atoms with Crippen LogP contribution in [0.2, 0.25) is 0 Å². The van der Waals surface area contributed by atoms with Crippen LogP contribution in [0.15, 0.2) is 24.3 Å². The van der Waals surface area contributed by atoms with Gasteiger partial charge in [-0.3, -0.25) is 24.0 Å². The van der Waals surface area contributed by atoms with E-state index >= 15 is 0 Å². The summed E-state index contributed by atoms with van der Waals surface area (Å²) >= 11 is 1.36. The number of phenolic OH excluding ortho intramolecular Hbond substituents is 1. The second-order valence-electron chi connectivity index (χ2n) is 8.38. The van der Waals surface area contributed by atoms with Crippen molar-refractivity contribution in [2.24, 2.45) is 11.5 Å². The number of aliphatic carboxylic acids is 2. The van der Waals surface area contributed by atoms with Crippen LogP contribution in [0.1, 0.15) is 31.2 Å². The molecule has 0 aliphatic rings. The summed E-state index contributed by atoms with van der Waals surface area (Å²) in [5.74, 6) is -5.77. The van der Waals surface area contributed by atoms with Gasteiger partial charge in [0.1, 0.15) is 23.9 Å². The van der Waals surface area contributed by atoms with Gasteiger partial charge in [0.2, 0.25) is 23.6 Å². The van der Waals surface area contributed by atoms with Gasteiger partial charge in [-0.15, -0.1) is 0 Å². The van der Waals surface area contributed by atoms with E-state index in [2.05, 4.69) is 16.0 Å². The van der Waals surface area contributed by atoms with E-state index in [-0.39, 0.29) is 31.4 Å². The fraction of sp³-hybridized carbons (Fsp3) is 0.478. The zero-order chi connectivity index (χ0) is 28.8. The molecule has 1 aromatic carbocycles. The highest BCUT2D eigenvalue weighted by atomic mass is 32.2. The van der Waals surface area contributed by atoms with Gasteiger partial charge in [-0.1, -0.05) is 12.1 Å². The van der Waals surface area contributed by atoms with Gasteiger partial charge >= 0.3 is 11.9 Å². The highest BCUT2D eigenvalue weighted by Gasteiger charge is 2.31. The molecule has 0 bridgehead atoms. The molecule has 4 amide bonds. The van der Waals surface area contributed by atoms with Crippen molar-refractivity contribution in [1.29, 1.82) is 0 Å². The lowest BCUT2D eigenvalue weighted by atomic mass is 10.0. The molecule has 0 spiro atoms. The molecule has 1 rings (SSSR count). The first-order valence-electron chi connectivity index (χ1n) is 11.5. The van der Waals surface area contributed by atoms with Crippen molar-refractivity contribution in [3.05, 3.63) is 29.8 Å². The monoisotopic (exact) mass is 555 g/mol. The third-order valence-corrected chi connectivity index (χ3v) is 5.93. The third-order valence-electron chi connectivity index (χ3n) is 5.28. The number of carbonyl (C=O) groups excluding carboxylic acids is 4. The van der Waals surface area contributed by atoms with Crippen LogP contribution in [0.3, 0.4) is 0 Å². The zero-order valence-electron chi connectivity index (χ0n) is 20.7. The summed E-state index contributed by atoms with van der Waals surface area (Å²) in [6.07, 6.45) is 0.578. The SMILES string of the molecule is CSCCC(NC(=O)C(CC(=O)O)NC(=O)C(N)CCC(N)=O)C(=O)NC(Cc1ccc(O)cc1)C(=O)O. The normalized spacial score (nSPS) is 13.8. The standard InChI is InChI=1S/C23H33N5O9S/c1-38-9-8-15(21(34)28-17(23(36)37)10-12-2-4-13(29)5-3-12)26-22(35)16(11-19(31)32)27-20(33)14(24)6-7-18(25)30/h2-5,14-17,29H,6-11,24H2,1H3,(H2,25,30)(H,26,35)(H,27,33)(H,28,34)(H,31,32)(H,36,37). The molecule has 4 atom stereocenters. The summed E-state index contributed by atoms with van der Waals surface area (Å²) in [6.45, 7) is 0. The van der Waals surface area contributed by atoms with Crippen LogP contribution in [0.25, 0.3) is 0 Å². The van der Waals surface area contributed by atoms with Gasteiger partial charge in [0.05, 0.1) is 12.5 Å². The second kappa shape index (κ2) is 16.1. The van der Waals surface area contributed by atoms with Crippen LogP contribution in [-0.2, 0) is 35.2 Å². The molecular weight excluding hydrogens is 522 g/mol. The fourth-order valence-electron chi connectivity index (χ4n) is 3.21. The maximum atomic E-state index is 13.0. The maximum Gasteiger partial charge on any atom is 0.326 e. The van der Waals surface area contributed by atoms with Crippen molar-refractivity contribution >= 4 is 47.3 Å². The first-order chi connectivity index (χ1) is 17.8. The molecule has 14 nitrogen and oxygen atoms in total. The van der Waals surface area contributed by atoms with Crippen molar-refractivity contribution in [2.75, 3.05) is 12.0 Å². The van der Waals surface area contributed by atoms with E-state index in [4.69, 9.17) is 11.5 Å². The van der Waals surface area contributed by atoms with E-state index in [9.17, 15) is 44.1 Å². The molecular formula is C23H33N5O9S. The number of nitrogens with two attached hydrogens (primary N) is 2. The minimum absolute atomic E-state index is 0.0127. The number of aromatic hydroxyl groups is 1. The van der Waals surface area contributed by atoms with Gasteiger partial charge in [-0.2, -0.15) is 11.8 Å². The topological polar surface area (TPSA) is 251 Å². The lowest BCUT2D eigenvalue weighted by Gasteiger charge is -2.24. The van der Waals surface area contributed by atoms with E-state index < -0.39 is 66.2 Å². The highest BCUT2D eigenvalue weighted by Crippen LogP contribution is 2.12. The van der Waals surface area contributed by atoms with Crippen LogP contribution in [-0.4, -0.2) is 87.1 Å². The summed E-state index contributed by atoms with van der Waals surface area (Å²) in [5.41, 5.74) is 11.2. The largest absolute Gasteiger partial charge is 0.508 e. The maximum absolute atomic E-state index is 13.0. The lowest BCUT2D eigenvalue weighted by Crippen LogP contribution is -2.57. The van der Waals surface area contributed by atoms with Gasteiger partial charge in [-0.05, 0) is 42.5 Å². The molecule has 0 radical (unpaired) electrons. The van der Waals surface area contributed by atoms with E-state index in [1.807, 2.05) is 0 Å². The van der Waals surface area contributed by atoms with Crippen LogP contribution in [0.4, 0.5) is 0 Å². The summed E-state index contributed by atoms with van der Waals surface area (Å²) in [4.78, 5) is 72.2. The number of nitrogens with one attached hydrogen (secondary N) is 3. The number of primary amides is 1. The van der Waals surface area contributed by atoms with Crippen molar-refractivity contribution < 1.29 is 44.1 Å². The smallest absolute Gasteiger partial charge is 0.326 e. The number of rotatable bonds is 17. The summed E-state index contributed by atoms with van der Waals surface area (Å²) in [7, 11) is 0. The first kappa shape index (κ1) is 32.2. The number of carboxylic acids is 2. The number of carbonyl (C=O) groups is 6. The summed E-state index contributed by atoms with van der Waals surface area (Å²) < 4.78 is 0. The molecule has 1 aromatic rings. The van der Waals surface area contributed by atoms with E-state index in [0.717, 1.165) is 0 Å². The zero-order valence-corrected chi connectivity index (χ0v) is 21.5. The molecule has 0 aromatic heterocycles. The minimum Gasteiger partial charge on any atom is -0.508 e. The second-order valence-corrected chi connectivity index (χ2v) is 9.37. The predicted octanol–water partition coefficient (Wildman–Crippen LogP) is -1.71. The Balaban J connectivity index is 2.99. The number of hydrogen-bond donors (Lipinski definition) is 8. The van der Waals surface area contributed by atoms with Crippen LogP contribution >= 0.6 is 11.8 Å². The Morgan fingerprint density at radius 3 is 1.95 bits per heavy atom. The highest BCUT2D eigenvalue weighted by molar-refractivity contribution is 7.98. The number of benzene rings is 1. The average molecular weight is 556 g/mol.